The summed E-state index contributed by atoms with van der Waals surface area (Å²) in [5, 5.41) is 0.965. The summed E-state index contributed by atoms with van der Waals surface area (Å²) in [5.74, 6) is 0.894. The van der Waals surface area contributed by atoms with Crippen LogP contribution in [0.4, 0.5) is 0 Å². The number of imidazole rings is 1. The molecule has 108 valence electrons. The molecule has 6 heteroatoms. The van der Waals surface area contributed by atoms with Gasteiger partial charge in [-0.15, -0.1) is 11.6 Å². The number of nitrogens with zero attached hydrogens (tertiary/aromatic N) is 3. The molecule has 0 amide bonds. The summed E-state index contributed by atoms with van der Waals surface area (Å²) in [6, 6.07) is 7.79. The van der Waals surface area contributed by atoms with E-state index in [0.717, 1.165) is 27.8 Å². The Labute approximate surface area is 126 Å². The van der Waals surface area contributed by atoms with E-state index in [-0.39, 0.29) is 12.5 Å². The molecule has 0 atom stereocenters. The Morgan fingerprint density at radius 2 is 2.14 bits per heavy atom. The number of hydrogen-bond donors (Lipinski definition) is 0. The van der Waals surface area contributed by atoms with Gasteiger partial charge in [0.1, 0.15) is 17.9 Å². The summed E-state index contributed by atoms with van der Waals surface area (Å²) in [5.41, 5.74) is 2.53. The number of methoxy groups -OCH3 is 1. The molecule has 1 aromatic carbocycles. The van der Waals surface area contributed by atoms with E-state index in [1.807, 2.05) is 28.8 Å². The van der Waals surface area contributed by atoms with E-state index >= 15 is 0 Å². The molecule has 2 aromatic heterocycles. The van der Waals surface area contributed by atoms with Crippen molar-refractivity contribution >= 4 is 39.5 Å². The zero-order chi connectivity index (χ0) is 14.8. The molecular formula is C15H14ClN3O2. The van der Waals surface area contributed by atoms with Crippen molar-refractivity contribution in [3.8, 4) is 0 Å². The number of alkyl halides is 1. The zero-order valence-corrected chi connectivity index (χ0v) is 12.3. The first-order valence-corrected chi connectivity index (χ1v) is 7.13. The van der Waals surface area contributed by atoms with Crippen molar-refractivity contribution in [1.82, 2.24) is 14.5 Å². The molecule has 0 N–H and O–H groups in total. The highest BCUT2D eigenvalue weighted by atomic mass is 35.5. The first-order chi connectivity index (χ1) is 10.2. The standard InChI is InChI=1S/C15H14ClN3O2/c1-21-14(20)9-19-13(6-7-16)18-12-8-17-11-5-3-2-4-10(11)15(12)19/h2-5,8H,6-7,9H2,1H3. The average molecular weight is 304 g/mol. The van der Waals surface area contributed by atoms with E-state index in [1.165, 1.54) is 7.11 Å². The largest absolute Gasteiger partial charge is 0.468 e. The monoisotopic (exact) mass is 303 g/mol. The molecule has 3 aromatic rings. The lowest BCUT2D eigenvalue weighted by atomic mass is 10.2. The minimum atomic E-state index is -0.314. The molecule has 21 heavy (non-hydrogen) atoms. The van der Waals surface area contributed by atoms with Crippen molar-refractivity contribution in [1.29, 1.82) is 0 Å². The summed E-state index contributed by atoms with van der Waals surface area (Å²) in [7, 11) is 1.38. The van der Waals surface area contributed by atoms with E-state index in [1.54, 1.807) is 6.20 Å². The van der Waals surface area contributed by atoms with Crippen molar-refractivity contribution < 1.29 is 9.53 Å². The molecule has 0 aliphatic carbocycles. The highest BCUT2D eigenvalue weighted by molar-refractivity contribution is 6.18. The fourth-order valence-electron chi connectivity index (χ4n) is 2.45. The number of carbonyl (C=O) groups is 1. The molecule has 0 saturated heterocycles. The number of aromatic nitrogens is 3. The highest BCUT2D eigenvalue weighted by Gasteiger charge is 2.16. The van der Waals surface area contributed by atoms with Crippen LogP contribution < -0.4 is 0 Å². The van der Waals surface area contributed by atoms with E-state index in [2.05, 4.69) is 9.97 Å². The van der Waals surface area contributed by atoms with Crippen molar-refractivity contribution in [2.75, 3.05) is 13.0 Å². The van der Waals surface area contributed by atoms with Gasteiger partial charge in [-0.05, 0) is 6.07 Å². The van der Waals surface area contributed by atoms with Gasteiger partial charge in [0.2, 0.25) is 0 Å². The van der Waals surface area contributed by atoms with Crippen LogP contribution in [0, 0.1) is 0 Å². The Kier molecular flexibility index (Phi) is 3.75. The number of ether oxygens (including phenoxy) is 1. The lowest BCUT2D eigenvalue weighted by Gasteiger charge is -2.08. The lowest BCUT2D eigenvalue weighted by molar-refractivity contribution is -0.141. The molecule has 0 aliphatic rings. The van der Waals surface area contributed by atoms with Gasteiger partial charge in [0, 0.05) is 17.7 Å². The summed E-state index contributed by atoms with van der Waals surface area (Å²) in [6.45, 7) is 0.118. The van der Waals surface area contributed by atoms with Gasteiger partial charge < -0.3 is 9.30 Å². The summed E-state index contributed by atoms with van der Waals surface area (Å²) in [4.78, 5) is 20.6. The molecule has 0 bridgehead atoms. The van der Waals surface area contributed by atoms with Crippen molar-refractivity contribution in [3.63, 3.8) is 0 Å². The molecular weight excluding hydrogens is 290 g/mol. The number of esters is 1. The second kappa shape index (κ2) is 5.69. The molecule has 0 fully saturated rings. The first-order valence-electron chi connectivity index (χ1n) is 6.60. The maximum atomic E-state index is 11.7. The third-order valence-corrected chi connectivity index (χ3v) is 3.58. The molecule has 0 radical (unpaired) electrons. The third kappa shape index (κ3) is 2.45. The lowest BCUT2D eigenvalue weighted by Crippen LogP contribution is -2.14. The molecule has 3 rings (SSSR count). The molecule has 2 heterocycles. The predicted molar refractivity (Wildman–Crippen MR) is 81.5 cm³/mol. The molecule has 0 unspecified atom stereocenters. The van der Waals surface area contributed by atoms with Gasteiger partial charge in [-0.1, -0.05) is 18.2 Å². The van der Waals surface area contributed by atoms with Crippen LogP contribution in [0.25, 0.3) is 21.9 Å². The maximum absolute atomic E-state index is 11.7. The predicted octanol–water partition coefficient (Wildman–Crippen LogP) is 2.54. The zero-order valence-electron chi connectivity index (χ0n) is 11.5. The number of hydrogen-bond acceptors (Lipinski definition) is 4. The summed E-state index contributed by atoms with van der Waals surface area (Å²) >= 11 is 5.84. The van der Waals surface area contributed by atoms with Crippen LogP contribution in [0.3, 0.4) is 0 Å². The molecule has 5 nitrogen and oxygen atoms in total. The van der Waals surface area contributed by atoms with Crippen LogP contribution in [0.15, 0.2) is 30.5 Å². The number of benzene rings is 1. The Hall–Kier alpha value is -2.14. The highest BCUT2D eigenvalue weighted by Crippen LogP contribution is 2.25. The number of para-hydroxylation sites is 1. The van der Waals surface area contributed by atoms with Crippen LogP contribution in [0.2, 0.25) is 0 Å². The van der Waals surface area contributed by atoms with Crippen molar-refractivity contribution in [2.24, 2.45) is 0 Å². The van der Waals surface area contributed by atoms with E-state index < -0.39 is 0 Å². The van der Waals surface area contributed by atoms with Crippen molar-refractivity contribution in [2.45, 2.75) is 13.0 Å². The Balaban J connectivity index is 2.30. The van der Waals surface area contributed by atoms with Crippen LogP contribution >= 0.6 is 11.6 Å². The van der Waals surface area contributed by atoms with Gasteiger partial charge in [0.25, 0.3) is 0 Å². The van der Waals surface area contributed by atoms with Crippen LogP contribution in [0.5, 0.6) is 0 Å². The van der Waals surface area contributed by atoms with Crippen LogP contribution in [0.1, 0.15) is 5.82 Å². The minimum absolute atomic E-state index is 0.118. The number of carbonyl (C=O) groups excluding carboxylic acids is 1. The van der Waals surface area contributed by atoms with Crippen LogP contribution in [-0.4, -0.2) is 33.5 Å². The molecule has 0 spiro atoms. The normalized spacial score (nSPS) is 11.1. The average Bonchev–Trinajstić information content (AvgIpc) is 2.85. The van der Waals surface area contributed by atoms with E-state index in [9.17, 15) is 4.79 Å². The Morgan fingerprint density at radius 1 is 1.33 bits per heavy atom. The van der Waals surface area contributed by atoms with E-state index in [4.69, 9.17) is 16.3 Å². The van der Waals surface area contributed by atoms with Crippen molar-refractivity contribution in [3.05, 3.63) is 36.3 Å². The second-order valence-corrected chi connectivity index (χ2v) is 5.02. The van der Waals surface area contributed by atoms with E-state index in [0.29, 0.717) is 12.3 Å². The number of aryl methyl sites for hydroxylation is 1. The number of fused-ring (bicyclic) bond motifs is 3. The van der Waals surface area contributed by atoms with Gasteiger partial charge in [0.15, 0.2) is 0 Å². The number of halogens is 1. The van der Waals surface area contributed by atoms with Crippen LogP contribution in [-0.2, 0) is 22.5 Å². The molecule has 0 aliphatic heterocycles. The number of rotatable bonds is 4. The second-order valence-electron chi connectivity index (χ2n) is 4.64. The minimum Gasteiger partial charge on any atom is -0.468 e. The summed E-state index contributed by atoms with van der Waals surface area (Å²) < 4.78 is 6.65. The van der Waals surface area contributed by atoms with Gasteiger partial charge in [-0.25, -0.2) is 4.98 Å². The Morgan fingerprint density at radius 3 is 2.90 bits per heavy atom. The summed E-state index contributed by atoms with van der Waals surface area (Å²) in [6.07, 6.45) is 2.31. The first kappa shape index (κ1) is 13.8. The maximum Gasteiger partial charge on any atom is 0.325 e. The SMILES string of the molecule is COC(=O)Cn1c(CCCl)nc2cnc3ccccc3c21. The fourth-order valence-corrected chi connectivity index (χ4v) is 2.62. The van der Waals surface area contributed by atoms with Gasteiger partial charge in [-0.2, -0.15) is 0 Å². The third-order valence-electron chi connectivity index (χ3n) is 3.39. The quantitative estimate of drug-likeness (QED) is 0.549. The fraction of sp³-hybridized carbons (Fsp3) is 0.267. The smallest absolute Gasteiger partial charge is 0.325 e. The van der Waals surface area contributed by atoms with Gasteiger partial charge in [0.05, 0.1) is 24.3 Å². The Bertz CT molecular complexity index is 813. The van der Waals surface area contributed by atoms with Gasteiger partial charge in [-0.3, -0.25) is 9.78 Å². The topological polar surface area (TPSA) is 57.0 Å². The van der Waals surface area contributed by atoms with Gasteiger partial charge >= 0.3 is 5.97 Å². The molecule has 0 saturated carbocycles. The number of pyridine rings is 1.